The second-order valence-electron chi connectivity index (χ2n) is 4.22. The van der Waals surface area contributed by atoms with Crippen LogP contribution in [0.1, 0.15) is 23.1 Å². The van der Waals surface area contributed by atoms with Crippen LogP contribution in [-0.4, -0.2) is 0 Å². The van der Waals surface area contributed by atoms with Crippen molar-refractivity contribution < 1.29 is 13.2 Å². The fourth-order valence-electron chi connectivity index (χ4n) is 2.07. The van der Waals surface area contributed by atoms with Gasteiger partial charge in [-0.3, -0.25) is 0 Å². The highest BCUT2D eigenvalue weighted by atomic mass is 19.1. The van der Waals surface area contributed by atoms with Crippen LogP contribution < -0.4 is 5.73 Å². The Balaban J connectivity index is 2.10. The summed E-state index contributed by atoms with van der Waals surface area (Å²) in [4.78, 5) is 0. The van der Waals surface area contributed by atoms with Crippen molar-refractivity contribution in [2.45, 2.75) is 13.0 Å². The van der Waals surface area contributed by atoms with Crippen molar-refractivity contribution in [3.8, 4) is 0 Å². The van der Waals surface area contributed by atoms with Crippen LogP contribution in [0.4, 0.5) is 4.39 Å². The molecule has 3 rings (SSSR count). The van der Waals surface area contributed by atoms with E-state index in [1.54, 1.807) is 30.5 Å². The van der Waals surface area contributed by atoms with Crippen molar-refractivity contribution in [3.63, 3.8) is 0 Å². The van der Waals surface area contributed by atoms with Gasteiger partial charge < -0.3 is 14.6 Å². The monoisotopic (exact) mass is 245 g/mol. The normalized spacial score (nSPS) is 13.1. The van der Waals surface area contributed by atoms with Gasteiger partial charge in [-0.1, -0.05) is 12.1 Å². The Bertz CT molecular complexity index is 699. The number of fused-ring (bicyclic) bond motifs is 1. The van der Waals surface area contributed by atoms with Gasteiger partial charge >= 0.3 is 0 Å². The third-order valence-electron chi connectivity index (χ3n) is 3.06. The van der Waals surface area contributed by atoms with Gasteiger partial charge in [-0.15, -0.1) is 0 Å². The van der Waals surface area contributed by atoms with Crippen molar-refractivity contribution in [1.29, 1.82) is 0 Å². The van der Waals surface area contributed by atoms with Gasteiger partial charge in [0.05, 0.1) is 12.3 Å². The number of rotatable bonds is 2. The molecule has 0 amide bonds. The first-order chi connectivity index (χ1) is 8.66. The van der Waals surface area contributed by atoms with E-state index in [-0.39, 0.29) is 11.4 Å². The van der Waals surface area contributed by atoms with Crippen molar-refractivity contribution in [2.24, 2.45) is 5.73 Å². The fraction of sp³-hybridized carbons (Fsp3) is 0.143. The van der Waals surface area contributed by atoms with Crippen LogP contribution >= 0.6 is 0 Å². The summed E-state index contributed by atoms with van der Waals surface area (Å²) in [6.45, 7) is 1.83. The molecule has 2 heterocycles. The molecule has 0 spiro atoms. The Morgan fingerprint density at radius 3 is 2.78 bits per heavy atom. The minimum absolute atomic E-state index is 0.240. The van der Waals surface area contributed by atoms with E-state index >= 15 is 0 Å². The predicted octanol–water partition coefficient (Wildman–Crippen LogP) is 3.52. The van der Waals surface area contributed by atoms with E-state index in [0.29, 0.717) is 11.1 Å². The average Bonchev–Trinajstić information content (AvgIpc) is 2.95. The minimum atomic E-state index is -0.449. The largest absolute Gasteiger partial charge is 0.469 e. The van der Waals surface area contributed by atoms with Gasteiger partial charge in [-0.25, -0.2) is 4.39 Å². The van der Waals surface area contributed by atoms with Gasteiger partial charge in [-0.2, -0.15) is 0 Å². The molecule has 0 bridgehead atoms. The standard InChI is InChI=1S/C14H12FNO2/c1-8-10(5-6-17-8)13(16)12-7-9-3-2-4-11(15)14(9)18-12/h2-7,13H,16H2,1H3. The van der Waals surface area contributed by atoms with Crippen LogP contribution in [0.15, 0.2) is 45.4 Å². The molecule has 0 aliphatic heterocycles. The highest BCUT2D eigenvalue weighted by Gasteiger charge is 2.18. The van der Waals surface area contributed by atoms with Crippen LogP contribution in [0.25, 0.3) is 11.0 Å². The maximum absolute atomic E-state index is 13.5. The van der Waals surface area contributed by atoms with E-state index in [1.165, 1.54) is 6.07 Å². The molecule has 0 fully saturated rings. The predicted molar refractivity (Wildman–Crippen MR) is 65.6 cm³/mol. The minimum Gasteiger partial charge on any atom is -0.469 e. The summed E-state index contributed by atoms with van der Waals surface area (Å²) >= 11 is 0. The Morgan fingerprint density at radius 2 is 2.11 bits per heavy atom. The summed E-state index contributed by atoms with van der Waals surface area (Å²) in [6.07, 6.45) is 1.58. The third kappa shape index (κ3) is 1.62. The van der Waals surface area contributed by atoms with Gasteiger partial charge in [0.15, 0.2) is 11.4 Å². The van der Waals surface area contributed by atoms with Gasteiger partial charge in [0.25, 0.3) is 0 Å². The molecule has 4 heteroatoms. The molecule has 3 nitrogen and oxygen atoms in total. The molecule has 2 N–H and O–H groups in total. The highest BCUT2D eigenvalue weighted by molar-refractivity contribution is 5.78. The molecule has 1 unspecified atom stereocenters. The Hall–Kier alpha value is -2.07. The second kappa shape index (κ2) is 3.99. The lowest BCUT2D eigenvalue weighted by Crippen LogP contribution is -2.10. The van der Waals surface area contributed by atoms with E-state index in [1.807, 2.05) is 6.92 Å². The van der Waals surface area contributed by atoms with E-state index in [2.05, 4.69) is 0 Å². The number of para-hydroxylation sites is 1. The first-order valence-corrected chi connectivity index (χ1v) is 5.64. The van der Waals surface area contributed by atoms with E-state index in [9.17, 15) is 4.39 Å². The third-order valence-corrected chi connectivity index (χ3v) is 3.06. The zero-order valence-electron chi connectivity index (χ0n) is 9.81. The van der Waals surface area contributed by atoms with E-state index < -0.39 is 6.04 Å². The molecular formula is C14H12FNO2. The Kier molecular flexibility index (Phi) is 2.45. The molecule has 0 saturated carbocycles. The number of benzene rings is 1. The smallest absolute Gasteiger partial charge is 0.169 e. The maximum atomic E-state index is 13.5. The summed E-state index contributed by atoms with van der Waals surface area (Å²) in [5.41, 5.74) is 7.18. The quantitative estimate of drug-likeness (QED) is 0.751. The fourth-order valence-corrected chi connectivity index (χ4v) is 2.07. The zero-order valence-corrected chi connectivity index (χ0v) is 9.81. The van der Waals surface area contributed by atoms with Crippen LogP contribution in [0.3, 0.4) is 0 Å². The van der Waals surface area contributed by atoms with Crippen molar-refractivity contribution in [1.82, 2.24) is 0 Å². The Labute approximate surface area is 103 Å². The highest BCUT2D eigenvalue weighted by Crippen LogP contribution is 2.29. The van der Waals surface area contributed by atoms with E-state index in [4.69, 9.17) is 14.6 Å². The van der Waals surface area contributed by atoms with Gasteiger partial charge in [0.1, 0.15) is 11.5 Å². The molecule has 1 atom stereocenters. The first-order valence-electron chi connectivity index (χ1n) is 5.64. The molecule has 92 valence electrons. The molecule has 0 radical (unpaired) electrons. The lowest BCUT2D eigenvalue weighted by molar-refractivity contribution is 0.492. The maximum Gasteiger partial charge on any atom is 0.169 e. The molecule has 0 aliphatic carbocycles. The molecule has 2 aromatic heterocycles. The molecule has 0 aliphatic rings. The van der Waals surface area contributed by atoms with Crippen molar-refractivity contribution in [2.75, 3.05) is 0 Å². The lowest BCUT2D eigenvalue weighted by atomic mass is 10.1. The van der Waals surface area contributed by atoms with Gasteiger partial charge in [0, 0.05) is 10.9 Å². The average molecular weight is 245 g/mol. The van der Waals surface area contributed by atoms with Crippen LogP contribution in [0.2, 0.25) is 0 Å². The van der Waals surface area contributed by atoms with Gasteiger partial charge in [-0.05, 0) is 25.1 Å². The first kappa shape index (κ1) is 11.0. The summed E-state index contributed by atoms with van der Waals surface area (Å²) in [7, 11) is 0. The van der Waals surface area contributed by atoms with Crippen molar-refractivity contribution >= 4 is 11.0 Å². The zero-order chi connectivity index (χ0) is 12.7. The number of furan rings is 2. The van der Waals surface area contributed by atoms with Gasteiger partial charge in [0.2, 0.25) is 0 Å². The lowest BCUT2D eigenvalue weighted by Gasteiger charge is -2.06. The summed E-state index contributed by atoms with van der Waals surface area (Å²) in [6, 6.07) is 7.91. The summed E-state index contributed by atoms with van der Waals surface area (Å²) in [5, 5.41) is 0.710. The molecule has 3 aromatic rings. The molecular weight excluding hydrogens is 233 g/mol. The van der Waals surface area contributed by atoms with Crippen molar-refractivity contribution in [3.05, 3.63) is 59.5 Å². The van der Waals surface area contributed by atoms with E-state index in [0.717, 1.165) is 11.3 Å². The molecule has 18 heavy (non-hydrogen) atoms. The van der Waals surface area contributed by atoms with Crippen LogP contribution in [0, 0.1) is 12.7 Å². The number of nitrogens with two attached hydrogens (primary N) is 1. The number of aryl methyl sites for hydroxylation is 1. The van der Waals surface area contributed by atoms with Crippen LogP contribution in [0.5, 0.6) is 0 Å². The SMILES string of the molecule is Cc1occc1C(N)c1cc2cccc(F)c2o1. The second-order valence-corrected chi connectivity index (χ2v) is 4.22. The van der Waals surface area contributed by atoms with Crippen LogP contribution in [-0.2, 0) is 0 Å². The summed E-state index contributed by atoms with van der Waals surface area (Å²) < 4.78 is 24.2. The number of halogens is 1. The number of hydrogen-bond donors (Lipinski definition) is 1. The Morgan fingerprint density at radius 1 is 1.28 bits per heavy atom. The molecule has 0 saturated heterocycles. The topological polar surface area (TPSA) is 52.3 Å². The molecule has 1 aromatic carbocycles. The number of hydrogen-bond acceptors (Lipinski definition) is 3. The summed E-state index contributed by atoms with van der Waals surface area (Å²) in [5.74, 6) is 0.887.